The van der Waals surface area contributed by atoms with Crippen LogP contribution in [0.2, 0.25) is 0 Å². The summed E-state index contributed by atoms with van der Waals surface area (Å²) in [5, 5.41) is 3.55. The fraction of sp³-hybridized carbons (Fsp3) is 0.296. The van der Waals surface area contributed by atoms with Crippen molar-refractivity contribution in [2.24, 2.45) is 5.92 Å². The van der Waals surface area contributed by atoms with E-state index in [-0.39, 0.29) is 0 Å². The second-order valence-electron chi connectivity index (χ2n) is 8.73. The van der Waals surface area contributed by atoms with Crippen LogP contribution in [-0.2, 0) is 6.54 Å². The zero-order valence-electron chi connectivity index (χ0n) is 17.2. The molecule has 2 aliphatic rings. The first-order chi connectivity index (χ1) is 14.9. The number of hydrogen-bond acceptors (Lipinski definition) is 2. The minimum Gasteiger partial charge on any atom is -0.326 e. The van der Waals surface area contributed by atoms with Crippen LogP contribution >= 0.6 is 0 Å². The second-order valence-corrected chi connectivity index (χ2v) is 8.73. The van der Waals surface area contributed by atoms with Crippen LogP contribution in [0, 0.1) is 5.92 Å². The number of aromatic nitrogens is 2. The number of fused-ring (bicyclic) bond motifs is 4. The second kappa shape index (κ2) is 7.41. The molecular formula is C27H27N3. The molecular weight excluding hydrogens is 366 g/mol. The Morgan fingerprint density at radius 1 is 0.767 bits per heavy atom. The van der Waals surface area contributed by atoms with Crippen LogP contribution < -0.4 is 5.32 Å². The Hall–Kier alpha value is -2.91. The van der Waals surface area contributed by atoms with Gasteiger partial charge in [-0.1, -0.05) is 66.7 Å². The van der Waals surface area contributed by atoms with Gasteiger partial charge < -0.3 is 9.88 Å². The number of hydrogen-bond donors (Lipinski definition) is 1. The molecule has 3 heteroatoms. The maximum absolute atomic E-state index is 5.24. The summed E-state index contributed by atoms with van der Waals surface area (Å²) in [7, 11) is 0. The molecule has 0 saturated carbocycles. The summed E-state index contributed by atoms with van der Waals surface area (Å²) in [4.78, 5) is 5.24. The SMILES string of the molecule is c1ccc(C2Cn3c(nc4ccccc43)C(C3CCNCC3)c3ccccc32)cc1. The van der Waals surface area contributed by atoms with Gasteiger partial charge in [0.05, 0.1) is 11.0 Å². The minimum atomic E-state index is 0.338. The Bertz CT molecular complexity index is 1170. The molecule has 3 heterocycles. The van der Waals surface area contributed by atoms with Gasteiger partial charge in [0, 0.05) is 18.4 Å². The Kier molecular flexibility index (Phi) is 4.42. The van der Waals surface area contributed by atoms with Crippen molar-refractivity contribution < 1.29 is 0 Å². The van der Waals surface area contributed by atoms with Gasteiger partial charge in [-0.3, -0.25) is 0 Å². The van der Waals surface area contributed by atoms with Crippen LogP contribution in [0.1, 0.15) is 47.2 Å². The third-order valence-electron chi connectivity index (χ3n) is 7.09. The molecule has 0 bridgehead atoms. The predicted molar refractivity (Wildman–Crippen MR) is 122 cm³/mol. The van der Waals surface area contributed by atoms with Gasteiger partial charge in [-0.2, -0.15) is 0 Å². The van der Waals surface area contributed by atoms with E-state index in [1.54, 1.807) is 0 Å². The lowest BCUT2D eigenvalue weighted by Gasteiger charge is -2.31. The summed E-state index contributed by atoms with van der Waals surface area (Å²) in [6.45, 7) is 3.15. The monoisotopic (exact) mass is 393 g/mol. The number of para-hydroxylation sites is 2. The van der Waals surface area contributed by atoms with Crippen molar-refractivity contribution >= 4 is 11.0 Å². The molecule has 2 unspecified atom stereocenters. The van der Waals surface area contributed by atoms with Crippen LogP contribution in [0.3, 0.4) is 0 Å². The number of nitrogens with zero attached hydrogens (tertiary/aromatic N) is 2. The Morgan fingerprint density at radius 2 is 1.47 bits per heavy atom. The maximum Gasteiger partial charge on any atom is 0.117 e. The molecule has 1 fully saturated rings. The summed E-state index contributed by atoms with van der Waals surface area (Å²) in [6, 6.07) is 28.8. The molecule has 3 nitrogen and oxygen atoms in total. The fourth-order valence-electron chi connectivity index (χ4n) is 5.67. The van der Waals surface area contributed by atoms with Crippen molar-refractivity contribution in [3.63, 3.8) is 0 Å². The lowest BCUT2D eigenvalue weighted by Crippen LogP contribution is -2.32. The zero-order chi connectivity index (χ0) is 19.9. The molecule has 30 heavy (non-hydrogen) atoms. The Balaban J connectivity index is 1.62. The van der Waals surface area contributed by atoms with Crippen molar-refractivity contribution in [1.82, 2.24) is 14.9 Å². The van der Waals surface area contributed by atoms with E-state index in [0.29, 0.717) is 17.8 Å². The standard InChI is InChI=1S/C27H27N3/c1-2-8-19(9-3-1)23-18-30-25-13-7-6-12-24(25)29-27(30)26(20-14-16-28-17-15-20)22-11-5-4-10-21(22)23/h1-13,20,23,26,28H,14-18H2. The Labute approximate surface area is 177 Å². The van der Waals surface area contributed by atoms with Crippen molar-refractivity contribution in [2.75, 3.05) is 13.1 Å². The number of imidazole rings is 1. The first-order valence-electron chi connectivity index (χ1n) is 11.2. The molecule has 2 aliphatic heterocycles. The fourth-order valence-corrected chi connectivity index (χ4v) is 5.67. The molecule has 0 aliphatic carbocycles. The topological polar surface area (TPSA) is 29.9 Å². The van der Waals surface area contributed by atoms with Gasteiger partial charge in [0.25, 0.3) is 0 Å². The van der Waals surface area contributed by atoms with E-state index in [4.69, 9.17) is 4.98 Å². The number of piperidine rings is 1. The third-order valence-corrected chi connectivity index (χ3v) is 7.09. The smallest absolute Gasteiger partial charge is 0.117 e. The van der Waals surface area contributed by atoms with E-state index < -0.39 is 0 Å². The molecule has 1 aromatic heterocycles. The molecule has 2 atom stereocenters. The van der Waals surface area contributed by atoms with Gasteiger partial charge in [-0.15, -0.1) is 0 Å². The van der Waals surface area contributed by atoms with E-state index >= 15 is 0 Å². The van der Waals surface area contributed by atoms with E-state index in [0.717, 1.165) is 25.2 Å². The van der Waals surface area contributed by atoms with Crippen molar-refractivity contribution in [3.8, 4) is 0 Å². The van der Waals surface area contributed by atoms with Crippen LogP contribution in [0.15, 0.2) is 78.9 Å². The van der Waals surface area contributed by atoms with Gasteiger partial charge in [0.15, 0.2) is 0 Å². The lowest BCUT2D eigenvalue weighted by atomic mass is 9.76. The largest absolute Gasteiger partial charge is 0.326 e. The number of nitrogens with one attached hydrogen (secondary N) is 1. The van der Waals surface area contributed by atoms with Crippen LogP contribution in [0.5, 0.6) is 0 Å². The first-order valence-corrected chi connectivity index (χ1v) is 11.2. The first kappa shape index (κ1) is 17.9. The van der Waals surface area contributed by atoms with E-state index in [1.807, 2.05) is 0 Å². The minimum absolute atomic E-state index is 0.338. The van der Waals surface area contributed by atoms with Crippen molar-refractivity contribution in [1.29, 1.82) is 0 Å². The molecule has 0 amide bonds. The molecule has 6 rings (SSSR count). The van der Waals surface area contributed by atoms with Gasteiger partial charge in [0.1, 0.15) is 5.82 Å². The molecule has 4 aromatic rings. The number of benzene rings is 3. The van der Waals surface area contributed by atoms with Crippen LogP contribution in [0.25, 0.3) is 11.0 Å². The third kappa shape index (κ3) is 2.88. The quantitative estimate of drug-likeness (QED) is 0.500. The van der Waals surface area contributed by atoms with E-state index in [2.05, 4.69) is 88.7 Å². The zero-order valence-corrected chi connectivity index (χ0v) is 17.2. The van der Waals surface area contributed by atoms with Crippen LogP contribution in [0.4, 0.5) is 0 Å². The van der Waals surface area contributed by atoms with Gasteiger partial charge in [-0.05, 0) is 60.7 Å². The lowest BCUT2D eigenvalue weighted by molar-refractivity contribution is 0.333. The van der Waals surface area contributed by atoms with E-state index in [9.17, 15) is 0 Å². The van der Waals surface area contributed by atoms with Crippen molar-refractivity contribution in [3.05, 3.63) is 101 Å². The van der Waals surface area contributed by atoms with Crippen molar-refractivity contribution in [2.45, 2.75) is 31.2 Å². The molecule has 150 valence electrons. The summed E-state index contributed by atoms with van der Waals surface area (Å²) < 4.78 is 2.53. The highest BCUT2D eigenvalue weighted by atomic mass is 15.1. The summed E-state index contributed by atoms with van der Waals surface area (Å²) in [5.41, 5.74) is 6.73. The normalized spacial score (nSPS) is 21.7. The van der Waals surface area contributed by atoms with Gasteiger partial charge >= 0.3 is 0 Å². The van der Waals surface area contributed by atoms with Gasteiger partial charge in [0.2, 0.25) is 0 Å². The number of rotatable bonds is 2. The average Bonchev–Trinajstić information content (AvgIpc) is 3.10. The summed E-state index contributed by atoms with van der Waals surface area (Å²) in [6.07, 6.45) is 2.41. The highest BCUT2D eigenvalue weighted by Crippen LogP contribution is 2.45. The molecule has 1 saturated heterocycles. The highest BCUT2D eigenvalue weighted by molar-refractivity contribution is 5.76. The summed E-state index contributed by atoms with van der Waals surface area (Å²) in [5.74, 6) is 2.57. The average molecular weight is 394 g/mol. The predicted octanol–water partition coefficient (Wildman–Crippen LogP) is 5.31. The highest BCUT2D eigenvalue weighted by Gasteiger charge is 2.36. The molecule has 0 radical (unpaired) electrons. The van der Waals surface area contributed by atoms with Crippen LogP contribution in [-0.4, -0.2) is 22.6 Å². The molecule has 1 N–H and O–H groups in total. The Morgan fingerprint density at radius 3 is 2.30 bits per heavy atom. The maximum atomic E-state index is 5.24. The summed E-state index contributed by atoms with van der Waals surface area (Å²) >= 11 is 0. The molecule has 0 spiro atoms. The van der Waals surface area contributed by atoms with E-state index in [1.165, 1.54) is 40.9 Å². The van der Waals surface area contributed by atoms with Gasteiger partial charge in [-0.25, -0.2) is 4.98 Å². The molecule has 3 aromatic carbocycles.